The minimum absolute atomic E-state index is 0.151. The maximum atomic E-state index is 12.8. The summed E-state index contributed by atoms with van der Waals surface area (Å²) in [6, 6.07) is 16.7. The molecule has 0 saturated carbocycles. The van der Waals surface area contributed by atoms with E-state index in [1.165, 1.54) is 4.31 Å². The first-order valence-corrected chi connectivity index (χ1v) is 14.2. The van der Waals surface area contributed by atoms with Crippen LogP contribution in [0.25, 0.3) is 0 Å². The zero-order chi connectivity index (χ0) is 26.4. The molecule has 0 saturated heterocycles. The topological polar surface area (TPSA) is 108 Å². The van der Waals surface area contributed by atoms with Crippen molar-refractivity contribution in [2.24, 2.45) is 0 Å². The van der Waals surface area contributed by atoms with Gasteiger partial charge in [0, 0.05) is 32.6 Å². The SMILES string of the molecule is CCCN(CCC)S(=O)(=O)CCC(=O)N[C@@H](Cc1ccccc1)[C@@H](O)CNCc1cccc(OC)c1. The lowest BCUT2D eigenvalue weighted by molar-refractivity contribution is -0.122. The van der Waals surface area contributed by atoms with Crippen LogP contribution in [0.2, 0.25) is 0 Å². The summed E-state index contributed by atoms with van der Waals surface area (Å²) in [6.45, 7) is 5.56. The number of methoxy groups -OCH3 is 1. The number of nitrogens with zero attached hydrogens (tertiary/aromatic N) is 1. The minimum atomic E-state index is -3.52. The van der Waals surface area contributed by atoms with Gasteiger partial charge in [-0.05, 0) is 42.5 Å². The number of aliphatic hydroxyl groups excluding tert-OH is 1. The molecule has 2 aromatic rings. The van der Waals surface area contributed by atoms with Gasteiger partial charge in [-0.2, -0.15) is 0 Å². The highest BCUT2D eigenvalue weighted by molar-refractivity contribution is 7.89. The Morgan fingerprint density at radius 3 is 2.33 bits per heavy atom. The van der Waals surface area contributed by atoms with Crippen molar-refractivity contribution in [3.63, 3.8) is 0 Å². The number of aliphatic hydroxyl groups is 1. The average Bonchev–Trinajstić information content (AvgIpc) is 2.87. The minimum Gasteiger partial charge on any atom is -0.497 e. The quantitative estimate of drug-likeness (QED) is 0.297. The van der Waals surface area contributed by atoms with Crippen LogP contribution in [0.1, 0.15) is 44.2 Å². The molecule has 0 unspecified atom stereocenters. The van der Waals surface area contributed by atoms with Crippen LogP contribution in [-0.2, 0) is 27.8 Å². The first-order valence-electron chi connectivity index (χ1n) is 12.6. The monoisotopic (exact) mass is 519 g/mol. The van der Waals surface area contributed by atoms with Gasteiger partial charge in [-0.1, -0.05) is 56.3 Å². The molecule has 0 heterocycles. The second kappa shape index (κ2) is 15.6. The number of sulfonamides is 1. The summed E-state index contributed by atoms with van der Waals surface area (Å²) in [6.07, 6.45) is 0.854. The van der Waals surface area contributed by atoms with Gasteiger partial charge in [0.1, 0.15) is 5.75 Å². The van der Waals surface area contributed by atoms with Gasteiger partial charge < -0.3 is 20.5 Å². The lowest BCUT2D eigenvalue weighted by atomic mass is 10.0. The number of benzene rings is 2. The molecule has 0 radical (unpaired) electrons. The normalized spacial score (nSPS) is 13.4. The van der Waals surface area contributed by atoms with Gasteiger partial charge in [-0.3, -0.25) is 4.79 Å². The summed E-state index contributed by atoms with van der Waals surface area (Å²) in [7, 11) is -1.91. The van der Waals surface area contributed by atoms with E-state index in [0.717, 1.165) is 29.7 Å². The fourth-order valence-corrected chi connectivity index (χ4v) is 5.58. The zero-order valence-corrected chi connectivity index (χ0v) is 22.5. The molecular weight excluding hydrogens is 478 g/mol. The molecule has 2 atom stereocenters. The van der Waals surface area contributed by atoms with Gasteiger partial charge in [0.2, 0.25) is 15.9 Å². The molecule has 3 N–H and O–H groups in total. The van der Waals surface area contributed by atoms with Crippen LogP contribution >= 0.6 is 0 Å². The average molecular weight is 520 g/mol. The fourth-order valence-electron chi connectivity index (χ4n) is 3.96. The van der Waals surface area contributed by atoms with Gasteiger partial charge >= 0.3 is 0 Å². The maximum Gasteiger partial charge on any atom is 0.221 e. The molecule has 8 nitrogen and oxygen atoms in total. The van der Waals surface area contributed by atoms with Crippen molar-refractivity contribution in [2.45, 2.75) is 58.2 Å². The van der Waals surface area contributed by atoms with Crippen molar-refractivity contribution < 1.29 is 23.1 Å². The molecule has 0 aliphatic rings. The zero-order valence-electron chi connectivity index (χ0n) is 21.7. The van der Waals surface area contributed by atoms with E-state index >= 15 is 0 Å². The Balaban J connectivity index is 1.99. The smallest absolute Gasteiger partial charge is 0.221 e. The largest absolute Gasteiger partial charge is 0.497 e. The molecule has 200 valence electrons. The third-order valence-corrected chi connectivity index (χ3v) is 7.72. The van der Waals surface area contributed by atoms with Gasteiger partial charge in [0.15, 0.2) is 0 Å². The second-order valence-corrected chi connectivity index (χ2v) is 11.0. The third kappa shape index (κ3) is 10.3. The van der Waals surface area contributed by atoms with Crippen LogP contribution < -0.4 is 15.4 Å². The van der Waals surface area contributed by atoms with Gasteiger partial charge in [0.05, 0.1) is 25.0 Å². The predicted molar refractivity (Wildman–Crippen MR) is 143 cm³/mol. The third-order valence-electron chi connectivity index (χ3n) is 5.85. The maximum absolute atomic E-state index is 12.8. The molecule has 0 fully saturated rings. The molecule has 2 rings (SSSR count). The van der Waals surface area contributed by atoms with E-state index in [2.05, 4.69) is 10.6 Å². The Morgan fingerprint density at radius 1 is 1.03 bits per heavy atom. The Labute approximate surface area is 216 Å². The van der Waals surface area contributed by atoms with Crippen molar-refractivity contribution in [3.8, 4) is 5.75 Å². The van der Waals surface area contributed by atoms with Crippen LogP contribution in [-0.4, -0.2) is 68.4 Å². The molecule has 0 aliphatic carbocycles. The van der Waals surface area contributed by atoms with E-state index in [1.807, 2.05) is 68.4 Å². The van der Waals surface area contributed by atoms with Crippen molar-refractivity contribution in [1.82, 2.24) is 14.9 Å². The number of rotatable bonds is 17. The van der Waals surface area contributed by atoms with E-state index in [4.69, 9.17) is 4.74 Å². The van der Waals surface area contributed by atoms with Crippen molar-refractivity contribution in [3.05, 3.63) is 65.7 Å². The van der Waals surface area contributed by atoms with Crippen LogP contribution in [0.5, 0.6) is 5.75 Å². The van der Waals surface area contributed by atoms with Crippen molar-refractivity contribution >= 4 is 15.9 Å². The molecule has 1 amide bonds. The number of carbonyl (C=O) groups excluding carboxylic acids is 1. The number of ether oxygens (including phenoxy) is 1. The Kier molecular flexibility index (Phi) is 12.9. The first-order chi connectivity index (χ1) is 17.3. The molecule has 0 bridgehead atoms. The molecule has 9 heteroatoms. The van der Waals surface area contributed by atoms with E-state index in [9.17, 15) is 18.3 Å². The summed E-state index contributed by atoms with van der Waals surface area (Å²) >= 11 is 0. The summed E-state index contributed by atoms with van der Waals surface area (Å²) in [4.78, 5) is 12.8. The highest BCUT2D eigenvalue weighted by atomic mass is 32.2. The predicted octanol–water partition coefficient (Wildman–Crippen LogP) is 2.72. The summed E-state index contributed by atoms with van der Waals surface area (Å²) in [5.74, 6) is 0.121. The van der Waals surface area contributed by atoms with E-state index in [-0.39, 0.29) is 24.6 Å². The van der Waals surface area contributed by atoms with Crippen LogP contribution in [0.3, 0.4) is 0 Å². The van der Waals surface area contributed by atoms with Crippen molar-refractivity contribution in [2.75, 3.05) is 32.5 Å². The van der Waals surface area contributed by atoms with Gasteiger partial charge in [-0.25, -0.2) is 12.7 Å². The number of nitrogens with one attached hydrogen (secondary N) is 2. The van der Waals surface area contributed by atoms with E-state index in [0.29, 0.717) is 26.1 Å². The van der Waals surface area contributed by atoms with Crippen molar-refractivity contribution in [1.29, 1.82) is 0 Å². The first kappa shape index (κ1) is 29.8. The highest BCUT2D eigenvalue weighted by Gasteiger charge is 2.25. The number of hydrogen-bond acceptors (Lipinski definition) is 6. The van der Waals surface area contributed by atoms with Crippen LogP contribution in [0, 0.1) is 0 Å². The van der Waals surface area contributed by atoms with Gasteiger partial charge in [-0.15, -0.1) is 0 Å². The van der Waals surface area contributed by atoms with Gasteiger partial charge in [0.25, 0.3) is 0 Å². The lowest BCUT2D eigenvalue weighted by Gasteiger charge is -2.25. The summed E-state index contributed by atoms with van der Waals surface area (Å²) in [5.41, 5.74) is 1.98. The highest BCUT2D eigenvalue weighted by Crippen LogP contribution is 2.13. The number of hydrogen-bond donors (Lipinski definition) is 3. The second-order valence-electron chi connectivity index (χ2n) is 8.88. The summed E-state index contributed by atoms with van der Waals surface area (Å²) < 4.78 is 32.2. The molecule has 36 heavy (non-hydrogen) atoms. The molecule has 0 aliphatic heterocycles. The summed E-state index contributed by atoms with van der Waals surface area (Å²) in [5, 5.41) is 17.0. The van der Waals surface area contributed by atoms with Crippen LogP contribution in [0.15, 0.2) is 54.6 Å². The fraction of sp³-hybridized carbons (Fsp3) is 0.519. The molecule has 0 aromatic heterocycles. The van der Waals surface area contributed by atoms with E-state index < -0.39 is 22.2 Å². The van der Waals surface area contributed by atoms with E-state index in [1.54, 1.807) is 7.11 Å². The molecular formula is C27H41N3O5S. The Bertz CT molecular complexity index is 1010. The Hall–Kier alpha value is -2.46. The number of carbonyl (C=O) groups is 1. The Morgan fingerprint density at radius 2 is 1.69 bits per heavy atom. The number of amides is 1. The molecule has 0 spiro atoms. The standard InChI is InChI=1S/C27H41N3O5S/c1-4-15-30(16-5-2)36(33,34)17-14-27(32)29-25(19-22-10-7-6-8-11-22)26(31)21-28-20-23-12-9-13-24(18-23)35-3/h6-13,18,25-26,28,31H,4-5,14-17,19-21H2,1-3H3,(H,29,32)/t25-,26-/m0/s1. The van der Waals surface area contributed by atoms with Crippen LogP contribution in [0.4, 0.5) is 0 Å². The molecule has 2 aromatic carbocycles. The lowest BCUT2D eigenvalue weighted by Crippen LogP contribution is -2.49.